The molecular weight excluding hydrogens is 365 g/mol. The number of carbonyl (C=O) groups excluding carboxylic acids is 1. The summed E-state index contributed by atoms with van der Waals surface area (Å²) in [6, 6.07) is 6.15. The first-order chi connectivity index (χ1) is 13.0. The fourth-order valence-electron chi connectivity index (χ4n) is 3.87. The number of ether oxygens (including phenoxy) is 1. The van der Waals surface area contributed by atoms with Gasteiger partial charge in [0.25, 0.3) is 0 Å². The van der Waals surface area contributed by atoms with Gasteiger partial charge in [-0.3, -0.25) is 9.80 Å². The van der Waals surface area contributed by atoms with Gasteiger partial charge >= 0.3 is 6.09 Å². The average molecular weight is 389 g/mol. The second kappa shape index (κ2) is 7.56. The van der Waals surface area contributed by atoms with E-state index in [1.54, 1.807) is 17.0 Å². The van der Waals surface area contributed by atoms with Gasteiger partial charge in [-0.1, -0.05) is 0 Å². The lowest BCUT2D eigenvalue weighted by Gasteiger charge is -2.44. The van der Waals surface area contributed by atoms with E-state index in [0.29, 0.717) is 11.0 Å². The number of fused-ring (bicyclic) bond motifs is 3. The summed E-state index contributed by atoms with van der Waals surface area (Å²) < 4.78 is 19.0. The first-order valence-electron chi connectivity index (χ1n) is 9.45. The minimum absolute atomic E-state index is 0.0298. The summed E-state index contributed by atoms with van der Waals surface area (Å²) >= 11 is 1.40. The van der Waals surface area contributed by atoms with Gasteiger partial charge in [-0.25, -0.2) is 14.2 Å². The smallest absolute Gasteiger partial charge is 0.416 e. The molecule has 27 heavy (non-hydrogen) atoms. The van der Waals surface area contributed by atoms with E-state index >= 15 is 0 Å². The molecule has 3 saturated heterocycles. The molecule has 3 fully saturated rings. The van der Waals surface area contributed by atoms with Crippen LogP contribution in [0.3, 0.4) is 0 Å². The van der Waals surface area contributed by atoms with Crippen LogP contribution >= 0.6 is 11.3 Å². The van der Waals surface area contributed by atoms with E-state index in [9.17, 15) is 9.18 Å². The molecule has 0 N–H and O–H groups in total. The van der Waals surface area contributed by atoms with Gasteiger partial charge < -0.3 is 4.74 Å². The Morgan fingerprint density at radius 1 is 1.30 bits per heavy atom. The highest BCUT2D eigenvalue weighted by Crippen LogP contribution is 2.32. The van der Waals surface area contributed by atoms with Crippen LogP contribution in [0.5, 0.6) is 0 Å². The Balaban J connectivity index is 1.50. The predicted molar refractivity (Wildman–Crippen MR) is 105 cm³/mol. The van der Waals surface area contributed by atoms with Crippen LogP contribution in [-0.4, -0.2) is 47.8 Å². The number of carbonyl (C=O) groups is 1. The Morgan fingerprint density at radius 2 is 2.00 bits per heavy atom. The van der Waals surface area contributed by atoms with Gasteiger partial charge in [-0.15, -0.1) is 11.3 Å². The van der Waals surface area contributed by atoms with Crippen LogP contribution in [0.1, 0.15) is 26.7 Å². The van der Waals surface area contributed by atoms with Crippen LogP contribution in [0.15, 0.2) is 29.6 Å². The zero-order valence-corrected chi connectivity index (χ0v) is 16.4. The number of rotatable bonds is 4. The third-order valence-electron chi connectivity index (χ3n) is 5.40. The maximum absolute atomic E-state index is 13.1. The number of piperidine rings is 3. The maximum atomic E-state index is 13.1. The lowest BCUT2D eigenvalue weighted by molar-refractivity contribution is -0.0313. The highest BCUT2D eigenvalue weighted by molar-refractivity contribution is 7.14. The molecule has 144 valence electrons. The summed E-state index contributed by atoms with van der Waals surface area (Å²) in [5, 5.41) is 2.50. The van der Waals surface area contributed by atoms with E-state index in [2.05, 4.69) is 9.88 Å². The lowest BCUT2D eigenvalue weighted by Crippen LogP contribution is -2.53. The first kappa shape index (κ1) is 18.4. The largest absolute Gasteiger partial charge is 0.444 e. The van der Waals surface area contributed by atoms with Crippen LogP contribution in [0, 0.1) is 11.7 Å². The topological polar surface area (TPSA) is 45.7 Å². The number of aromatic nitrogens is 1. The molecule has 5 nitrogen and oxygen atoms in total. The van der Waals surface area contributed by atoms with Crippen LogP contribution in [0.2, 0.25) is 0 Å². The van der Waals surface area contributed by atoms with E-state index in [-0.39, 0.29) is 24.1 Å². The van der Waals surface area contributed by atoms with Gasteiger partial charge in [0.1, 0.15) is 11.9 Å². The number of thiazole rings is 1. The third kappa shape index (κ3) is 3.84. The van der Waals surface area contributed by atoms with Crippen molar-refractivity contribution >= 4 is 22.6 Å². The Labute approximate surface area is 162 Å². The van der Waals surface area contributed by atoms with Crippen molar-refractivity contribution in [1.82, 2.24) is 9.88 Å². The number of benzene rings is 1. The second-order valence-electron chi connectivity index (χ2n) is 7.55. The number of hydrogen-bond donors (Lipinski definition) is 0. The molecule has 1 amide bonds. The molecule has 7 heteroatoms. The molecule has 0 saturated carbocycles. The minimum Gasteiger partial charge on any atom is -0.444 e. The van der Waals surface area contributed by atoms with E-state index in [1.807, 2.05) is 19.2 Å². The standard InChI is InChI=1S/C20H24FN3O2S/c1-13(2)24(20(25)26-18-11-23-9-7-15(18)8-10-23)19-22-17(12-27-19)14-3-5-16(21)6-4-14/h3-6,12-13,15,18H,7-11H2,1-2H3. The van der Waals surface area contributed by atoms with Crippen LogP contribution in [-0.2, 0) is 4.74 Å². The van der Waals surface area contributed by atoms with Crippen molar-refractivity contribution in [3.8, 4) is 11.3 Å². The summed E-state index contributed by atoms with van der Waals surface area (Å²) in [7, 11) is 0. The first-order valence-corrected chi connectivity index (χ1v) is 10.3. The SMILES string of the molecule is CC(C)N(C(=O)OC1CN2CCC1CC2)c1nc(-c2ccc(F)cc2)cs1. The quantitative estimate of drug-likeness (QED) is 0.778. The van der Waals surface area contributed by atoms with Crippen LogP contribution < -0.4 is 4.90 Å². The van der Waals surface area contributed by atoms with E-state index in [4.69, 9.17) is 4.74 Å². The van der Waals surface area contributed by atoms with E-state index in [1.165, 1.54) is 23.5 Å². The van der Waals surface area contributed by atoms with Crippen molar-refractivity contribution in [3.63, 3.8) is 0 Å². The van der Waals surface area contributed by atoms with E-state index < -0.39 is 0 Å². The predicted octanol–water partition coefficient (Wildman–Crippen LogP) is 4.39. The Bertz CT molecular complexity index is 800. The fourth-order valence-corrected chi connectivity index (χ4v) is 4.82. The third-order valence-corrected chi connectivity index (χ3v) is 6.24. The van der Waals surface area contributed by atoms with Crippen molar-refractivity contribution in [2.24, 2.45) is 5.92 Å². The number of halogens is 1. The Kier molecular flexibility index (Phi) is 5.14. The molecule has 1 aromatic heterocycles. The Morgan fingerprint density at radius 3 is 2.59 bits per heavy atom. The summed E-state index contributed by atoms with van der Waals surface area (Å²) in [4.78, 5) is 21.5. The van der Waals surface area contributed by atoms with E-state index in [0.717, 1.165) is 43.7 Å². The average Bonchev–Trinajstić information content (AvgIpc) is 3.12. The summed E-state index contributed by atoms with van der Waals surface area (Å²) in [5.74, 6) is 0.193. The molecule has 3 aliphatic rings. The molecule has 5 rings (SSSR count). The number of amides is 1. The summed E-state index contributed by atoms with van der Waals surface area (Å²) in [6.07, 6.45) is 1.85. The number of nitrogens with zero attached hydrogens (tertiary/aromatic N) is 3. The number of hydrogen-bond acceptors (Lipinski definition) is 5. The molecule has 3 aliphatic heterocycles. The fraction of sp³-hybridized carbons (Fsp3) is 0.500. The van der Waals surface area contributed by atoms with Crippen molar-refractivity contribution in [2.45, 2.75) is 38.8 Å². The summed E-state index contributed by atoms with van der Waals surface area (Å²) in [6.45, 7) is 6.97. The zero-order chi connectivity index (χ0) is 19.0. The van der Waals surface area contributed by atoms with Gasteiger partial charge in [0.15, 0.2) is 5.13 Å². The van der Waals surface area contributed by atoms with Crippen LogP contribution in [0.25, 0.3) is 11.3 Å². The van der Waals surface area contributed by atoms with Gasteiger partial charge in [0.05, 0.1) is 5.69 Å². The van der Waals surface area contributed by atoms with Gasteiger partial charge in [-0.2, -0.15) is 0 Å². The highest BCUT2D eigenvalue weighted by atomic mass is 32.1. The van der Waals surface area contributed by atoms with Gasteiger partial charge in [0, 0.05) is 23.5 Å². The van der Waals surface area contributed by atoms with Crippen molar-refractivity contribution in [1.29, 1.82) is 0 Å². The van der Waals surface area contributed by atoms with Crippen molar-refractivity contribution in [2.75, 3.05) is 24.5 Å². The molecule has 1 unspecified atom stereocenters. The van der Waals surface area contributed by atoms with Gasteiger partial charge in [0.2, 0.25) is 0 Å². The Hall–Kier alpha value is -1.99. The molecule has 1 atom stereocenters. The van der Waals surface area contributed by atoms with Crippen molar-refractivity contribution in [3.05, 3.63) is 35.5 Å². The molecule has 0 radical (unpaired) electrons. The monoisotopic (exact) mass is 389 g/mol. The molecule has 0 spiro atoms. The van der Waals surface area contributed by atoms with Crippen molar-refractivity contribution < 1.29 is 13.9 Å². The molecule has 2 bridgehead atoms. The zero-order valence-electron chi connectivity index (χ0n) is 15.6. The maximum Gasteiger partial charge on any atom is 0.416 e. The molecule has 2 aromatic rings. The molecule has 0 aliphatic carbocycles. The molecular formula is C20H24FN3O2S. The lowest BCUT2D eigenvalue weighted by atomic mass is 9.86. The minimum atomic E-state index is -0.330. The second-order valence-corrected chi connectivity index (χ2v) is 8.38. The summed E-state index contributed by atoms with van der Waals surface area (Å²) in [5.41, 5.74) is 1.56. The highest BCUT2D eigenvalue weighted by Gasteiger charge is 2.38. The van der Waals surface area contributed by atoms with Crippen LogP contribution in [0.4, 0.5) is 14.3 Å². The van der Waals surface area contributed by atoms with Gasteiger partial charge in [-0.05, 0) is 70.0 Å². The molecule has 4 heterocycles. The number of anilines is 1. The molecule has 1 aromatic carbocycles. The normalized spacial score (nSPS) is 24.2.